The summed E-state index contributed by atoms with van der Waals surface area (Å²) >= 11 is 1.87. The van der Waals surface area contributed by atoms with Crippen LogP contribution in [0.5, 0.6) is 0 Å². The van der Waals surface area contributed by atoms with Gasteiger partial charge in [0.15, 0.2) is 0 Å². The van der Waals surface area contributed by atoms with Crippen LogP contribution in [0.4, 0.5) is 0 Å². The Hall–Kier alpha value is -3.03. The Morgan fingerprint density at radius 2 is 0.926 bits per heavy atom. The van der Waals surface area contributed by atoms with E-state index in [1.54, 1.807) is 0 Å². The van der Waals surface area contributed by atoms with Gasteiger partial charge < -0.3 is 0 Å². The lowest BCUT2D eigenvalue weighted by atomic mass is 9.89. The molecule has 0 atom stereocenters. The fraction of sp³-hybridized carbons (Fsp3) is 0. The molecule has 0 bridgehead atoms. The van der Waals surface area contributed by atoms with Crippen LogP contribution in [0.15, 0.2) is 114 Å². The highest BCUT2D eigenvalue weighted by atomic mass is 32.2. The Labute approximate surface area is 164 Å². The van der Waals surface area contributed by atoms with Crippen molar-refractivity contribution in [2.45, 2.75) is 4.90 Å². The van der Waals surface area contributed by atoms with Crippen LogP contribution >= 0.6 is 11.8 Å². The molecule has 1 aliphatic heterocycles. The maximum atomic E-state index is 2.25. The second-order valence-corrected chi connectivity index (χ2v) is 7.63. The van der Waals surface area contributed by atoms with E-state index in [1.165, 1.54) is 43.2 Å². The Bertz CT molecular complexity index is 1120. The minimum atomic E-state index is 1.25. The zero-order valence-electron chi connectivity index (χ0n) is 14.8. The van der Waals surface area contributed by atoms with Crippen molar-refractivity contribution < 1.29 is 0 Å². The number of benzene rings is 4. The van der Waals surface area contributed by atoms with Crippen molar-refractivity contribution in [3.63, 3.8) is 0 Å². The molecule has 4 aromatic carbocycles. The summed E-state index contributed by atoms with van der Waals surface area (Å²) in [5.74, 6) is 0. The molecule has 0 saturated heterocycles. The number of rotatable bonds is 2. The maximum absolute atomic E-state index is 2.25. The summed E-state index contributed by atoms with van der Waals surface area (Å²) in [6.07, 6.45) is 0. The standard InChI is InChI=1S/C26H18S/c1-3-11-19(12-4-1)25-23-17-8-7-15-21(23)22-16-9-10-18-24(22)27-26(25)20-13-5-2-6-14-20/h1-18H. The molecule has 0 spiro atoms. The van der Waals surface area contributed by atoms with E-state index in [0.29, 0.717) is 0 Å². The van der Waals surface area contributed by atoms with Crippen LogP contribution < -0.4 is 0 Å². The Balaban J connectivity index is 1.90. The van der Waals surface area contributed by atoms with Gasteiger partial charge in [0.05, 0.1) is 0 Å². The van der Waals surface area contributed by atoms with E-state index in [9.17, 15) is 0 Å². The van der Waals surface area contributed by atoms with Gasteiger partial charge in [-0.2, -0.15) is 0 Å². The van der Waals surface area contributed by atoms with Gasteiger partial charge in [-0.3, -0.25) is 0 Å². The third-order valence-electron chi connectivity index (χ3n) is 4.91. The monoisotopic (exact) mass is 362 g/mol. The normalized spacial score (nSPS) is 12.9. The third-order valence-corrected chi connectivity index (χ3v) is 6.13. The third kappa shape index (κ3) is 2.90. The molecule has 0 aromatic heterocycles. The van der Waals surface area contributed by atoms with Crippen LogP contribution in [0.25, 0.3) is 21.6 Å². The minimum absolute atomic E-state index is 1.25. The van der Waals surface area contributed by atoms with Gasteiger partial charge in [0.25, 0.3) is 0 Å². The van der Waals surface area contributed by atoms with E-state index in [2.05, 4.69) is 109 Å². The summed E-state index contributed by atoms with van der Waals surface area (Å²) in [5, 5.41) is 0. The molecule has 0 nitrogen and oxygen atoms in total. The van der Waals surface area contributed by atoms with Crippen molar-refractivity contribution in [1.29, 1.82) is 0 Å². The first-order valence-corrected chi connectivity index (χ1v) is 9.95. The van der Waals surface area contributed by atoms with Crippen molar-refractivity contribution in [3.8, 4) is 11.1 Å². The highest BCUT2D eigenvalue weighted by Crippen LogP contribution is 2.50. The van der Waals surface area contributed by atoms with Gasteiger partial charge in [-0.1, -0.05) is 115 Å². The lowest BCUT2D eigenvalue weighted by molar-refractivity contribution is 1.44. The van der Waals surface area contributed by atoms with Gasteiger partial charge >= 0.3 is 0 Å². The van der Waals surface area contributed by atoms with Gasteiger partial charge in [0, 0.05) is 15.4 Å². The number of fused-ring (bicyclic) bond motifs is 3. The fourth-order valence-electron chi connectivity index (χ4n) is 3.68. The van der Waals surface area contributed by atoms with Gasteiger partial charge in [-0.15, -0.1) is 0 Å². The van der Waals surface area contributed by atoms with E-state index in [0.717, 1.165) is 0 Å². The van der Waals surface area contributed by atoms with E-state index in [-0.39, 0.29) is 0 Å². The van der Waals surface area contributed by atoms with Crippen LogP contribution in [-0.4, -0.2) is 0 Å². The van der Waals surface area contributed by atoms with Gasteiger partial charge in [0.2, 0.25) is 0 Å². The molecular weight excluding hydrogens is 344 g/mol. The van der Waals surface area contributed by atoms with Crippen molar-refractivity contribution >= 4 is 22.2 Å². The van der Waals surface area contributed by atoms with Crippen molar-refractivity contribution in [3.05, 3.63) is 126 Å². The number of hydrogen-bond donors (Lipinski definition) is 0. The van der Waals surface area contributed by atoms with Crippen LogP contribution in [0.1, 0.15) is 16.7 Å². The molecule has 0 aliphatic carbocycles. The summed E-state index contributed by atoms with van der Waals surface area (Å²) in [6, 6.07) is 39.0. The second-order valence-electron chi connectivity index (χ2n) is 6.58. The van der Waals surface area contributed by atoms with E-state index in [1.807, 2.05) is 11.8 Å². The summed E-state index contributed by atoms with van der Waals surface area (Å²) in [6.45, 7) is 0. The lowest BCUT2D eigenvalue weighted by Gasteiger charge is -2.15. The largest absolute Gasteiger partial charge is 0.0881 e. The molecule has 128 valence electrons. The van der Waals surface area contributed by atoms with Crippen molar-refractivity contribution in [1.82, 2.24) is 0 Å². The summed E-state index contributed by atoms with van der Waals surface area (Å²) in [4.78, 5) is 2.61. The molecule has 0 saturated carbocycles. The van der Waals surface area contributed by atoms with Crippen molar-refractivity contribution in [2.75, 3.05) is 0 Å². The minimum Gasteiger partial charge on any atom is -0.0881 e. The van der Waals surface area contributed by atoms with Crippen LogP contribution in [-0.2, 0) is 0 Å². The Morgan fingerprint density at radius 3 is 1.63 bits per heavy atom. The predicted molar refractivity (Wildman–Crippen MR) is 117 cm³/mol. The molecule has 1 aliphatic rings. The highest BCUT2D eigenvalue weighted by Gasteiger charge is 2.23. The molecule has 1 heterocycles. The summed E-state index contributed by atoms with van der Waals surface area (Å²) in [5.41, 5.74) is 7.71. The average Bonchev–Trinajstić information content (AvgIpc) is 2.90. The molecular formula is C26H18S. The molecule has 27 heavy (non-hydrogen) atoms. The molecule has 0 radical (unpaired) electrons. The summed E-state index contributed by atoms with van der Waals surface area (Å²) in [7, 11) is 0. The van der Waals surface area contributed by atoms with E-state index in [4.69, 9.17) is 0 Å². The first kappa shape index (κ1) is 16.2. The molecule has 0 fully saturated rings. The number of thioether (sulfide) groups is 1. The quantitative estimate of drug-likeness (QED) is 0.358. The zero-order chi connectivity index (χ0) is 18.1. The van der Waals surface area contributed by atoms with Crippen LogP contribution in [0, 0.1) is 0 Å². The molecule has 5 rings (SSSR count). The topological polar surface area (TPSA) is 0 Å². The smallest absolute Gasteiger partial charge is 0.0279 e. The molecule has 4 aromatic rings. The fourth-order valence-corrected chi connectivity index (χ4v) is 4.92. The lowest BCUT2D eigenvalue weighted by Crippen LogP contribution is -1.93. The average molecular weight is 362 g/mol. The SMILES string of the molecule is c1ccc(C2=C(c3ccccc3)c3ccccc3-c3ccccc3S2)cc1. The zero-order valence-corrected chi connectivity index (χ0v) is 15.6. The first-order chi connectivity index (χ1) is 13.4. The Kier molecular flexibility index (Phi) is 4.16. The van der Waals surface area contributed by atoms with E-state index >= 15 is 0 Å². The van der Waals surface area contributed by atoms with Crippen molar-refractivity contribution in [2.24, 2.45) is 0 Å². The highest BCUT2D eigenvalue weighted by molar-refractivity contribution is 8.08. The van der Waals surface area contributed by atoms with Crippen LogP contribution in [0.3, 0.4) is 0 Å². The molecule has 0 N–H and O–H groups in total. The van der Waals surface area contributed by atoms with Crippen LogP contribution in [0.2, 0.25) is 0 Å². The van der Waals surface area contributed by atoms with Gasteiger partial charge in [-0.05, 0) is 33.9 Å². The van der Waals surface area contributed by atoms with E-state index < -0.39 is 0 Å². The predicted octanol–water partition coefficient (Wildman–Crippen LogP) is 7.38. The summed E-state index contributed by atoms with van der Waals surface area (Å²) < 4.78 is 0. The maximum Gasteiger partial charge on any atom is 0.0279 e. The van der Waals surface area contributed by atoms with Gasteiger partial charge in [-0.25, -0.2) is 0 Å². The molecule has 0 amide bonds. The second kappa shape index (κ2) is 6.94. The first-order valence-electron chi connectivity index (χ1n) is 9.13. The Morgan fingerprint density at radius 1 is 0.407 bits per heavy atom. The number of hydrogen-bond acceptors (Lipinski definition) is 1. The molecule has 0 unspecified atom stereocenters. The molecule has 1 heteroatoms. The van der Waals surface area contributed by atoms with Gasteiger partial charge in [0.1, 0.15) is 0 Å².